The number of carbonyl (C=O) groups is 1. The molecule has 0 atom stereocenters. The van der Waals surface area contributed by atoms with Crippen LogP contribution in [0.25, 0.3) is 0 Å². The molecular weight excluding hydrogens is 372 g/mol. The molecule has 1 rings (SSSR count). The van der Waals surface area contributed by atoms with Gasteiger partial charge in [0.1, 0.15) is 5.54 Å². The summed E-state index contributed by atoms with van der Waals surface area (Å²) >= 11 is 7.78. The molecule has 1 amide bonds. The molecule has 0 aliphatic rings. The lowest BCUT2D eigenvalue weighted by Gasteiger charge is -2.28. The predicted octanol–water partition coefficient (Wildman–Crippen LogP) is 0.390. The molecule has 18 heavy (non-hydrogen) atoms. The lowest BCUT2D eigenvalue weighted by molar-refractivity contribution is 0.0375. The molecular formula is C11H13ClINO4. The summed E-state index contributed by atoms with van der Waals surface area (Å²) in [4.78, 5) is 12.0. The number of rotatable bonds is 5. The first-order valence-corrected chi connectivity index (χ1v) is 6.54. The molecule has 0 aromatic heterocycles. The third-order valence-corrected chi connectivity index (χ3v) is 3.64. The Balaban J connectivity index is 2.97. The van der Waals surface area contributed by atoms with Gasteiger partial charge in [0.25, 0.3) is 5.91 Å². The monoisotopic (exact) mass is 385 g/mol. The maximum atomic E-state index is 12.0. The summed E-state index contributed by atoms with van der Waals surface area (Å²) in [6, 6.07) is 4.81. The summed E-state index contributed by atoms with van der Waals surface area (Å²) in [5.41, 5.74) is -1.12. The first-order valence-electron chi connectivity index (χ1n) is 5.08. The molecule has 0 spiro atoms. The van der Waals surface area contributed by atoms with Crippen molar-refractivity contribution in [2.45, 2.75) is 5.54 Å². The second kappa shape index (κ2) is 6.67. The second-order valence-electron chi connectivity index (χ2n) is 3.83. The number of hydrogen-bond donors (Lipinski definition) is 4. The van der Waals surface area contributed by atoms with E-state index in [1.165, 1.54) is 6.07 Å². The van der Waals surface area contributed by atoms with Crippen LogP contribution in [-0.2, 0) is 0 Å². The molecule has 4 N–H and O–H groups in total. The first-order chi connectivity index (χ1) is 8.48. The Kier molecular flexibility index (Phi) is 5.80. The molecule has 100 valence electrons. The fourth-order valence-electron chi connectivity index (χ4n) is 1.25. The second-order valence-corrected chi connectivity index (χ2v) is 5.43. The molecule has 0 aliphatic carbocycles. The number of carbonyl (C=O) groups excluding carboxylic acids is 1. The van der Waals surface area contributed by atoms with E-state index in [4.69, 9.17) is 26.9 Å². The number of nitrogens with one attached hydrogen (secondary N) is 1. The minimum atomic E-state index is -1.44. The van der Waals surface area contributed by atoms with Crippen LogP contribution in [0.15, 0.2) is 18.2 Å². The smallest absolute Gasteiger partial charge is 0.253 e. The van der Waals surface area contributed by atoms with Gasteiger partial charge in [0.2, 0.25) is 0 Å². The van der Waals surface area contributed by atoms with E-state index in [0.29, 0.717) is 14.2 Å². The molecule has 1 aromatic rings. The highest BCUT2D eigenvalue weighted by atomic mass is 127. The van der Waals surface area contributed by atoms with Crippen LogP contribution in [0.5, 0.6) is 0 Å². The van der Waals surface area contributed by atoms with Gasteiger partial charge in [-0.15, -0.1) is 0 Å². The van der Waals surface area contributed by atoms with Crippen LogP contribution < -0.4 is 5.32 Å². The van der Waals surface area contributed by atoms with Crippen LogP contribution in [0.3, 0.4) is 0 Å². The zero-order valence-corrected chi connectivity index (χ0v) is 12.3. The van der Waals surface area contributed by atoms with Gasteiger partial charge in [-0.25, -0.2) is 0 Å². The van der Waals surface area contributed by atoms with Gasteiger partial charge >= 0.3 is 0 Å². The average molecular weight is 386 g/mol. The van der Waals surface area contributed by atoms with Crippen molar-refractivity contribution in [3.8, 4) is 0 Å². The van der Waals surface area contributed by atoms with E-state index in [1.54, 1.807) is 12.1 Å². The predicted molar refractivity (Wildman–Crippen MR) is 75.6 cm³/mol. The molecule has 0 saturated carbocycles. The van der Waals surface area contributed by atoms with Gasteiger partial charge in [-0.05, 0) is 40.8 Å². The van der Waals surface area contributed by atoms with Gasteiger partial charge in [-0.3, -0.25) is 4.79 Å². The normalized spacial score (nSPS) is 11.4. The third kappa shape index (κ3) is 3.55. The molecule has 0 radical (unpaired) electrons. The highest BCUT2D eigenvalue weighted by Gasteiger charge is 2.30. The van der Waals surface area contributed by atoms with Gasteiger partial charge in [0.05, 0.1) is 25.4 Å². The molecule has 0 unspecified atom stereocenters. The standard InChI is InChI=1S/C11H13ClINO4/c12-7-1-2-9(13)8(3-7)10(18)14-11(4-15,5-16)6-17/h1-3,15-17H,4-6H2,(H,14,18). The van der Waals surface area contributed by atoms with E-state index >= 15 is 0 Å². The van der Waals surface area contributed by atoms with Crippen molar-refractivity contribution in [2.75, 3.05) is 19.8 Å². The molecule has 0 saturated heterocycles. The first kappa shape index (κ1) is 15.6. The van der Waals surface area contributed by atoms with Crippen LogP contribution in [0, 0.1) is 3.57 Å². The Bertz CT molecular complexity index is 429. The van der Waals surface area contributed by atoms with Crippen molar-refractivity contribution in [3.63, 3.8) is 0 Å². The Hall–Kier alpha value is -0.410. The van der Waals surface area contributed by atoms with E-state index in [2.05, 4.69) is 5.32 Å². The van der Waals surface area contributed by atoms with Crippen molar-refractivity contribution in [1.29, 1.82) is 0 Å². The fourth-order valence-corrected chi connectivity index (χ4v) is 2.00. The largest absolute Gasteiger partial charge is 0.394 e. The maximum absolute atomic E-state index is 12.0. The topological polar surface area (TPSA) is 89.8 Å². The fraction of sp³-hybridized carbons (Fsp3) is 0.364. The SMILES string of the molecule is O=C(NC(CO)(CO)CO)c1cc(Cl)ccc1I. The summed E-state index contributed by atoms with van der Waals surface area (Å²) in [6.07, 6.45) is 0. The van der Waals surface area contributed by atoms with E-state index < -0.39 is 31.3 Å². The minimum absolute atomic E-state index is 0.322. The van der Waals surface area contributed by atoms with Crippen molar-refractivity contribution in [3.05, 3.63) is 32.4 Å². The van der Waals surface area contributed by atoms with E-state index in [9.17, 15) is 4.79 Å². The summed E-state index contributed by atoms with van der Waals surface area (Å²) in [6.45, 7) is -1.70. The Morgan fingerprint density at radius 1 is 1.28 bits per heavy atom. The number of amides is 1. The maximum Gasteiger partial charge on any atom is 0.253 e. The molecule has 0 fully saturated rings. The summed E-state index contributed by atoms with van der Waals surface area (Å²) < 4.78 is 0.678. The van der Waals surface area contributed by atoms with Gasteiger partial charge < -0.3 is 20.6 Å². The number of aliphatic hydroxyl groups excluding tert-OH is 3. The molecule has 7 heteroatoms. The Morgan fingerprint density at radius 3 is 2.33 bits per heavy atom. The quantitative estimate of drug-likeness (QED) is 0.552. The zero-order chi connectivity index (χ0) is 13.8. The van der Waals surface area contributed by atoms with Gasteiger partial charge in [-0.1, -0.05) is 11.6 Å². The van der Waals surface area contributed by atoms with Crippen LogP contribution in [0.2, 0.25) is 5.02 Å². The van der Waals surface area contributed by atoms with Gasteiger partial charge in [-0.2, -0.15) is 0 Å². The van der Waals surface area contributed by atoms with Crippen LogP contribution in [0.4, 0.5) is 0 Å². The molecule has 0 bridgehead atoms. The lowest BCUT2D eigenvalue weighted by Crippen LogP contribution is -2.57. The molecule has 0 heterocycles. The Labute approximate surface area is 123 Å². The van der Waals surface area contributed by atoms with E-state index in [-0.39, 0.29) is 0 Å². The average Bonchev–Trinajstić information content (AvgIpc) is 2.38. The van der Waals surface area contributed by atoms with Crippen LogP contribution >= 0.6 is 34.2 Å². The highest BCUT2D eigenvalue weighted by molar-refractivity contribution is 14.1. The van der Waals surface area contributed by atoms with Crippen LogP contribution in [0.1, 0.15) is 10.4 Å². The van der Waals surface area contributed by atoms with Gasteiger partial charge in [0.15, 0.2) is 0 Å². The van der Waals surface area contributed by atoms with Crippen molar-refractivity contribution >= 4 is 40.1 Å². The van der Waals surface area contributed by atoms with Gasteiger partial charge in [0, 0.05) is 8.59 Å². The van der Waals surface area contributed by atoms with Crippen LogP contribution in [-0.4, -0.2) is 46.6 Å². The lowest BCUT2D eigenvalue weighted by atomic mass is 10.0. The van der Waals surface area contributed by atoms with E-state index in [1.807, 2.05) is 22.6 Å². The molecule has 0 aliphatic heterocycles. The number of aliphatic hydroxyl groups is 3. The molecule has 5 nitrogen and oxygen atoms in total. The summed E-state index contributed by atoms with van der Waals surface area (Å²) in [5.74, 6) is -0.515. The summed E-state index contributed by atoms with van der Waals surface area (Å²) in [5, 5.41) is 30.2. The van der Waals surface area contributed by atoms with Crippen molar-refractivity contribution in [1.82, 2.24) is 5.32 Å². The van der Waals surface area contributed by atoms with E-state index in [0.717, 1.165) is 0 Å². The van der Waals surface area contributed by atoms with Crippen molar-refractivity contribution < 1.29 is 20.1 Å². The third-order valence-electron chi connectivity index (χ3n) is 2.46. The summed E-state index contributed by atoms with van der Waals surface area (Å²) in [7, 11) is 0. The number of halogens is 2. The zero-order valence-electron chi connectivity index (χ0n) is 9.36. The van der Waals surface area contributed by atoms with Crippen molar-refractivity contribution in [2.24, 2.45) is 0 Å². The number of benzene rings is 1. The number of hydrogen-bond acceptors (Lipinski definition) is 4. The highest BCUT2D eigenvalue weighted by Crippen LogP contribution is 2.18. The Morgan fingerprint density at radius 2 is 1.83 bits per heavy atom. The minimum Gasteiger partial charge on any atom is -0.394 e. The molecule has 1 aromatic carbocycles.